The number of piperazine rings is 1. The largest absolute Gasteiger partial charge is 0.352 e. The summed E-state index contributed by atoms with van der Waals surface area (Å²) in [5.41, 5.74) is 2.80. The van der Waals surface area contributed by atoms with Crippen molar-refractivity contribution in [2.75, 3.05) is 31.1 Å². The molecule has 2 heterocycles. The molecule has 0 N–H and O–H groups in total. The summed E-state index contributed by atoms with van der Waals surface area (Å²) in [5, 5.41) is 0. The number of aromatic nitrogens is 2. The maximum absolute atomic E-state index is 12.7. The summed E-state index contributed by atoms with van der Waals surface area (Å²) in [6, 6.07) is 8.56. The number of hydrogen-bond acceptors (Lipinski definition) is 4. The highest BCUT2D eigenvalue weighted by atomic mass is 16.2. The van der Waals surface area contributed by atoms with E-state index < -0.39 is 0 Å². The molecule has 1 aromatic heterocycles. The standard InChI is InChI=1S/C19H22N4O/c24-19(13-16-6-5-15-3-1-2-4-17(15)16)23-11-9-22(10-12-23)18-14-20-7-8-21-18/h1-4,7-8,14,16H,5-6,9-13H2/t16-/m0/s1. The van der Waals surface area contributed by atoms with Crippen LogP contribution in [-0.2, 0) is 11.2 Å². The van der Waals surface area contributed by atoms with E-state index in [1.165, 1.54) is 11.1 Å². The second kappa shape index (κ2) is 6.59. The molecule has 2 aromatic rings. The lowest BCUT2D eigenvalue weighted by atomic mass is 9.97. The molecule has 5 heteroatoms. The molecule has 1 saturated heterocycles. The molecule has 1 fully saturated rings. The van der Waals surface area contributed by atoms with Crippen LogP contribution < -0.4 is 4.90 Å². The number of benzene rings is 1. The zero-order chi connectivity index (χ0) is 16.4. The molecule has 124 valence electrons. The van der Waals surface area contributed by atoms with E-state index in [4.69, 9.17) is 0 Å². The molecule has 0 saturated carbocycles. The zero-order valence-electron chi connectivity index (χ0n) is 13.8. The number of anilines is 1. The molecule has 0 spiro atoms. The van der Waals surface area contributed by atoms with Gasteiger partial charge in [0.15, 0.2) is 0 Å². The van der Waals surface area contributed by atoms with E-state index >= 15 is 0 Å². The fourth-order valence-corrected chi connectivity index (χ4v) is 3.84. The SMILES string of the molecule is O=C(C[C@@H]1CCc2ccccc21)N1CCN(c2cnccn2)CC1. The first-order chi connectivity index (χ1) is 11.8. The van der Waals surface area contributed by atoms with Gasteiger partial charge in [0.2, 0.25) is 5.91 Å². The molecular formula is C19H22N4O. The van der Waals surface area contributed by atoms with Crippen molar-refractivity contribution in [1.29, 1.82) is 0 Å². The molecule has 1 atom stereocenters. The lowest BCUT2D eigenvalue weighted by molar-refractivity contribution is -0.131. The van der Waals surface area contributed by atoms with Crippen LogP contribution in [0.4, 0.5) is 5.82 Å². The van der Waals surface area contributed by atoms with Gasteiger partial charge in [0.25, 0.3) is 0 Å². The highest BCUT2D eigenvalue weighted by Gasteiger charge is 2.28. The topological polar surface area (TPSA) is 49.3 Å². The van der Waals surface area contributed by atoms with Gasteiger partial charge in [-0.15, -0.1) is 0 Å². The van der Waals surface area contributed by atoms with Gasteiger partial charge in [-0.2, -0.15) is 0 Å². The Balaban J connectivity index is 1.34. The number of rotatable bonds is 3. The van der Waals surface area contributed by atoms with Crippen LogP contribution in [0.3, 0.4) is 0 Å². The zero-order valence-corrected chi connectivity index (χ0v) is 13.8. The average Bonchev–Trinajstić information content (AvgIpc) is 3.06. The van der Waals surface area contributed by atoms with Crippen LogP contribution >= 0.6 is 0 Å². The van der Waals surface area contributed by atoms with E-state index in [0.29, 0.717) is 12.3 Å². The first-order valence-electron chi connectivity index (χ1n) is 8.68. The van der Waals surface area contributed by atoms with Crippen molar-refractivity contribution in [2.24, 2.45) is 0 Å². The molecule has 1 aromatic carbocycles. The number of aryl methyl sites for hydroxylation is 1. The molecule has 0 bridgehead atoms. The highest BCUT2D eigenvalue weighted by Crippen LogP contribution is 2.35. The van der Waals surface area contributed by atoms with Gasteiger partial charge in [-0.3, -0.25) is 9.78 Å². The molecule has 0 unspecified atom stereocenters. The molecule has 1 aliphatic heterocycles. The minimum Gasteiger partial charge on any atom is -0.352 e. The molecule has 0 radical (unpaired) electrons. The van der Waals surface area contributed by atoms with E-state index in [9.17, 15) is 4.79 Å². The minimum absolute atomic E-state index is 0.287. The molecule has 2 aliphatic rings. The number of carbonyl (C=O) groups is 1. The third kappa shape index (κ3) is 2.98. The van der Waals surface area contributed by atoms with Crippen LogP contribution in [0, 0.1) is 0 Å². The Labute approximate surface area is 142 Å². The number of fused-ring (bicyclic) bond motifs is 1. The van der Waals surface area contributed by atoms with Gasteiger partial charge < -0.3 is 9.80 Å². The predicted octanol–water partition coefficient (Wildman–Crippen LogP) is 2.25. The number of hydrogen-bond donors (Lipinski definition) is 0. The lowest BCUT2D eigenvalue weighted by Gasteiger charge is -2.35. The summed E-state index contributed by atoms with van der Waals surface area (Å²) < 4.78 is 0. The maximum atomic E-state index is 12.7. The normalized spacial score (nSPS) is 20.1. The summed E-state index contributed by atoms with van der Waals surface area (Å²) in [6.45, 7) is 3.19. The van der Waals surface area contributed by atoms with E-state index in [1.807, 2.05) is 4.90 Å². The summed E-state index contributed by atoms with van der Waals surface area (Å²) in [6.07, 6.45) is 8.03. The summed E-state index contributed by atoms with van der Waals surface area (Å²) >= 11 is 0. The van der Waals surface area contributed by atoms with Gasteiger partial charge in [0, 0.05) is 45.0 Å². The van der Waals surface area contributed by atoms with Crippen LogP contribution in [0.15, 0.2) is 42.9 Å². The predicted molar refractivity (Wildman–Crippen MR) is 92.9 cm³/mol. The van der Waals surface area contributed by atoms with Gasteiger partial charge in [-0.05, 0) is 29.9 Å². The Hall–Kier alpha value is -2.43. The minimum atomic E-state index is 0.287. The summed E-state index contributed by atoms with van der Waals surface area (Å²) in [7, 11) is 0. The van der Waals surface area contributed by atoms with Gasteiger partial charge in [-0.25, -0.2) is 4.98 Å². The summed E-state index contributed by atoms with van der Waals surface area (Å²) in [4.78, 5) is 25.3. The monoisotopic (exact) mass is 322 g/mol. The van der Waals surface area contributed by atoms with Crippen LogP contribution in [0.5, 0.6) is 0 Å². The third-order valence-electron chi connectivity index (χ3n) is 5.18. The summed E-state index contributed by atoms with van der Waals surface area (Å²) in [5.74, 6) is 1.58. The average molecular weight is 322 g/mol. The van der Waals surface area contributed by atoms with Crippen molar-refractivity contribution >= 4 is 11.7 Å². The Morgan fingerprint density at radius 2 is 1.96 bits per heavy atom. The van der Waals surface area contributed by atoms with Crippen molar-refractivity contribution in [3.63, 3.8) is 0 Å². The van der Waals surface area contributed by atoms with E-state index in [0.717, 1.165) is 44.8 Å². The van der Waals surface area contributed by atoms with E-state index in [1.54, 1.807) is 18.6 Å². The Kier molecular flexibility index (Phi) is 4.15. The number of nitrogens with zero attached hydrogens (tertiary/aromatic N) is 4. The Morgan fingerprint density at radius 1 is 1.12 bits per heavy atom. The van der Waals surface area contributed by atoms with Gasteiger partial charge >= 0.3 is 0 Å². The van der Waals surface area contributed by atoms with Gasteiger partial charge in [0.05, 0.1) is 6.20 Å². The van der Waals surface area contributed by atoms with Crippen molar-refractivity contribution < 1.29 is 4.79 Å². The Bertz CT molecular complexity index is 710. The quantitative estimate of drug-likeness (QED) is 0.870. The van der Waals surface area contributed by atoms with Crippen molar-refractivity contribution in [3.8, 4) is 0 Å². The van der Waals surface area contributed by atoms with Crippen LogP contribution in [0.2, 0.25) is 0 Å². The molecule has 1 aliphatic carbocycles. The van der Waals surface area contributed by atoms with E-state index in [-0.39, 0.29) is 5.91 Å². The van der Waals surface area contributed by atoms with Crippen LogP contribution in [0.25, 0.3) is 0 Å². The number of carbonyl (C=O) groups excluding carboxylic acids is 1. The second-order valence-electron chi connectivity index (χ2n) is 6.57. The van der Waals surface area contributed by atoms with E-state index in [2.05, 4.69) is 39.1 Å². The molecular weight excluding hydrogens is 300 g/mol. The maximum Gasteiger partial charge on any atom is 0.223 e. The number of amides is 1. The molecule has 4 rings (SSSR count). The van der Waals surface area contributed by atoms with Crippen molar-refractivity contribution in [2.45, 2.75) is 25.2 Å². The fourth-order valence-electron chi connectivity index (χ4n) is 3.84. The van der Waals surface area contributed by atoms with Gasteiger partial charge in [-0.1, -0.05) is 24.3 Å². The fraction of sp³-hybridized carbons (Fsp3) is 0.421. The Morgan fingerprint density at radius 3 is 2.75 bits per heavy atom. The van der Waals surface area contributed by atoms with Crippen LogP contribution in [-0.4, -0.2) is 47.0 Å². The molecule has 24 heavy (non-hydrogen) atoms. The second-order valence-corrected chi connectivity index (χ2v) is 6.57. The first-order valence-corrected chi connectivity index (χ1v) is 8.68. The van der Waals surface area contributed by atoms with Crippen LogP contribution in [0.1, 0.15) is 29.9 Å². The molecule has 1 amide bonds. The highest BCUT2D eigenvalue weighted by molar-refractivity contribution is 5.77. The van der Waals surface area contributed by atoms with Crippen molar-refractivity contribution in [1.82, 2.24) is 14.9 Å². The third-order valence-corrected chi connectivity index (χ3v) is 5.18. The lowest BCUT2D eigenvalue weighted by Crippen LogP contribution is -2.49. The first kappa shape index (κ1) is 15.1. The van der Waals surface area contributed by atoms with Crippen molar-refractivity contribution in [3.05, 3.63) is 54.0 Å². The smallest absolute Gasteiger partial charge is 0.223 e. The molecule has 5 nitrogen and oxygen atoms in total. The van der Waals surface area contributed by atoms with Gasteiger partial charge in [0.1, 0.15) is 5.82 Å².